The molecule has 4 aromatic rings. The minimum atomic E-state index is -0.573. The average Bonchev–Trinajstić information content (AvgIpc) is 3.34. The number of nitrogens with one attached hydrogen (secondary N) is 2. The topological polar surface area (TPSA) is 76.2 Å². The first-order chi connectivity index (χ1) is 15.6. The van der Waals surface area contributed by atoms with Gasteiger partial charge in [-0.25, -0.2) is 4.98 Å². The zero-order chi connectivity index (χ0) is 22.3. The second-order valence-corrected chi connectivity index (χ2v) is 7.36. The number of nitrogens with zero attached hydrogens (tertiary/aromatic N) is 1. The van der Waals surface area contributed by atoms with Crippen LogP contribution >= 0.6 is 0 Å². The van der Waals surface area contributed by atoms with Crippen molar-refractivity contribution < 1.29 is 14.3 Å². The molecule has 1 atom stereocenters. The lowest BCUT2D eigenvalue weighted by molar-refractivity contribution is -0.127. The number of rotatable bonds is 8. The smallest absolute Gasteiger partial charge is 0.261 e. The first kappa shape index (κ1) is 21.2. The van der Waals surface area contributed by atoms with Crippen molar-refractivity contribution in [2.24, 2.45) is 0 Å². The highest BCUT2D eigenvalue weighted by atomic mass is 16.5. The van der Waals surface area contributed by atoms with E-state index in [0.717, 1.165) is 34.0 Å². The van der Waals surface area contributed by atoms with Gasteiger partial charge in [0.15, 0.2) is 6.10 Å². The number of carbonyl (C=O) groups excluding carboxylic acids is 1. The molecule has 4 rings (SSSR count). The number of para-hydroxylation sites is 1. The fourth-order valence-electron chi connectivity index (χ4n) is 3.26. The predicted octanol–water partition coefficient (Wildman–Crippen LogP) is 4.84. The number of methoxy groups -OCH3 is 1. The highest BCUT2D eigenvalue weighted by molar-refractivity contribution is 5.80. The molecule has 1 aromatic heterocycles. The van der Waals surface area contributed by atoms with E-state index in [4.69, 9.17) is 9.47 Å². The van der Waals surface area contributed by atoms with Crippen molar-refractivity contribution in [1.82, 2.24) is 15.3 Å². The van der Waals surface area contributed by atoms with Crippen LogP contribution in [0.4, 0.5) is 0 Å². The van der Waals surface area contributed by atoms with E-state index in [2.05, 4.69) is 15.3 Å². The van der Waals surface area contributed by atoms with Crippen LogP contribution in [0.1, 0.15) is 12.5 Å². The largest absolute Gasteiger partial charge is 0.497 e. The molecular formula is C26H25N3O3. The van der Waals surface area contributed by atoms with Gasteiger partial charge in [0.2, 0.25) is 0 Å². The summed E-state index contributed by atoms with van der Waals surface area (Å²) in [5, 5.41) is 2.92. The second kappa shape index (κ2) is 9.83. The van der Waals surface area contributed by atoms with Gasteiger partial charge in [-0.05, 0) is 54.4 Å². The summed E-state index contributed by atoms with van der Waals surface area (Å²) in [5.41, 5.74) is 3.94. The number of benzene rings is 3. The van der Waals surface area contributed by atoms with E-state index >= 15 is 0 Å². The lowest BCUT2D eigenvalue weighted by Crippen LogP contribution is -2.35. The van der Waals surface area contributed by atoms with E-state index in [9.17, 15) is 4.79 Å². The molecule has 0 radical (unpaired) electrons. The van der Waals surface area contributed by atoms with Crippen LogP contribution in [0.3, 0.4) is 0 Å². The van der Waals surface area contributed by atoms with E-state index in [1.54, 1.807) is 14.0 Å². The molecular weight excluding hydrogens is 402 g/mol. The number of hydrogen-bond donors (Lipinski definition) is 2. The minimum Gasteiger partial charge on any atom is -0.497 e. The third-order valence-electron chi connectivity index (χ3n) is 5.10. The molecule has 0 saturated carbocycles. The SMILES string of the molecule is COc1ccc(-c2cnc(-c3ccc(CNC(=O)[C@H](C)Oc4ccccc4)cc3)[nH]2)cc1. The van der Waals surface area contributed by atoms with Crippen molar-refractivity contribution in [3.63, 3.8) is 0 Å². The molecule has 3 aromatic carbocycles. The Labute approximate surface area is 187 Å². The lowest BCUT2D eigenvalue weighted by Gasteiger charge is -2.14. The third kappa shape index (κ3) is 5.16. The maximum Gasteiger partial charge on any atom is 0.261 e. The Kier molecular flexibility index (Phi) is 6.51. The number of imidazole rings is 1. The summed E-state index contributed by atoms with van der Waals surface area (Å²) in [6.07, 6.45) is 1.25. The van der Waals surface area contributed by atoms with Gasteiger partial charge in [-0.2, -0.15) is 0 Å². The van der Waals surface area contributed by atoms with Crippen LogP contribution in [0.2, 0.25) is 0 Å². The molecule has 0 fully saturated rings. The Hall–Kier alpha value is -4.06. The fraction of sp³-hybridized carbons (Fsp3) is 0.154. The Bertz CT molecular complexity index is 1150. The van der Waals surface area contributed by atoms with Crippen LogP contribution in [-0.4, -0.2) is 29.1 Å². The zero-order valence-corrected chi connectivity index (χ0v) is 18.0. The molecule has 0 spiro atoms. The van der Waals surface area contributed by atoms with E-state index in [-0.39, 0.29) is 5.91 Å². The molecule has 0 saturated heterocycles. The Morgan fingerprint density at radius 2 is 1.62 bits per heavy atom. The highest BCUT2D eigenvalue weighted by Crippen LogP contribution is 2.24. The standard InChI is InChI=1S/C26H25N3O3/c1-18(32-23-6-4-3-5-7-23)26(30)28-16-19-8-10-21(11-9-19)25-27-17-24(29-25)20-12-14-22(31-2)15-13-20/h3-15,17-18H,16H2,1-2H3,(H,27,29)(H,28,30)/t18-/m0/s1. The minimum absolute atomic E-state index is 0.159. The molecule has 162 valence electrons. The van der Waals surface area contributed by atoms with Gasteiger partial charge in [0.05, 0.1) is 19.0 Å². The van der Waals surface area contributed by atoms with Gasteiger partial charge in [-0.3, -0.25) is 4.79 Å². The summed E-state index contributed by atoms with van der Waals surface area (Å²) >= 11 is 0. The first-order valence-electron chi connectivity index (χ1n) is 10.4. The van der Waals surface area contributed by atoms with Crippen LogP contribution in [0, 0.1) is 0 Å². The molecule has 1 amide bonds. The number of H-pyrrole nitrogens is 1. The van der Waals surface area contributed by atoms with Crippen LogP contribution in [-0.2, 0) is 11.3 Å². The van der Waals surface area contributed by atoms with Crippen molar-refractivity contribution in [3.05, 3.63) is 90.6 Å². The molecule has 0 aliphatic rings. The van der Waals surface area contributed by atoms with Gasteiger partial charge in [-0.1, -0.05) is 42.5 Å². The van der Waals surface area contributed by atoms with Crippen LogP contribution in [0.15, 0.2) is 85.1 Å². The highest BCUT2D eigenvalue weighted by Gasteiger charge is 2.14. The van der Waals surface area contributed by atoms with E-state index in [0.29, 0.717) is 12.3 Å². The van der Waals surface area contributed by atoms with Crippen molar-refractivity contribution in [2.45, 2.75) is 19.6 Å². The number of amides is 1. The van der Waals surface area contributed by atoms with Crippen molar-refractivity contribution in [3.8, 4) is 34.1 Å². The van der Waals surface area contributed by atoms with Crippen LogP contribution in [0.25, 0.3) is 22.6 Å². The van der Waals surface area contributed by atoms with Crippen molar-refractivity contribution in [1.29, 1.82) is 0 Å². The van der Waals surface area contributed by atoms with Gasteiger partial charge < -0.3 is 19.8 Å². The summed E-state index contributed by atoms with van der Waals surface area (Å²) in [7, 11) is 1.65. The molecule has 0 bridgehead atoms. The Balaban J connectivity index is 1.34. The molecule has 2 N–H and O–H groups in total. The monoisotopic (exact) mass is 427 g/mol. The Morgan fingerprint density at radius 3 is 2.31 bits per heavy atom. The molecule has 6 nitrogen and oxygen atoms in total. The quantitative estimate of drug-likeness (QED) is 0.422. The predicted molar refractivity (Wildman–Crippen MR) is 124 cm³/mol. The van der Waals surface area contributed by atoms with Crippen molar-refractivity contribution in [2.75, 3.05) is 7.11 Å². The summed E-state index contributed by atoms with van der Waals surface area (Å²) < 4.78 is 10.9. The summed E-state index contributed by atoms with van der Waals surface area (Å²) in [5.74, 6) is 2.12. The fourth-order valence-corrected chi connectivity index (χ4v) is 3.26. The van der Waals surface area contributed by atoms with E-state index in [1.807, 2.05) is 85.1 Å². The molecule has 32 heavy (non-hydrogen) atoms. The summed E-state index contributed by atoms with van der Waals surface area (Å²) in [4.78, 5) is 20.2. The van der Waals surface area contributed by atoms with Crippen LogP contribution < -0.4 is 14.8 Å². The lowest BCUT2D eigenvalue weighted by atomic mass is 10.1. The summed E-state index contributed by atoms with van der Waals surface area (Å²) in [6, 6.07) is 25.1. The average molecular weight is 428 g/mol. The molecule has 6 heteroatoms. The Morgan fingerprint density at radius 1 is 0.938 bits per heavy atom. The number of carbonyl (C=O) groups is 1. The van der Waals surface area contributed by atoms with Gasteiger partial charge >= 0.3 is 0 Å². The molecule has 0 unspecified atom stereocenters. The third-order valence-corrected chi connectivity index (χ3v) is 5.10. The van der Waals surface area contributed by atoms with Gasteiger partial charge in [0.25, 0.3) is 5.91 Å². The maximum atomic E-state index is 12.3. The number of aromatic amines is 1. The first-order valence-corrected chi connectivity index (χ1v) is 10.4. The maximum absolute atomic E-state index is 12.3. The second-order valence-electron chi connectivity index (χ2n) is 7.36. The molecule has 1 heterocycles. The normalized spacial score (nSPS) is 11.6. The van der Waals surface area contributed by atoms with Crippen LogP contribution in [0.5, 0.6) is 11.5 Å². The van der Waals surface area contributed by atoms with Crippen molar-refractivity contribution >= 4 is 5.91 Å². The van der Waals surface area contributed by atoms with E-state index < -0.39 is 6.10 Å². The van der Waals surface area contributed by atoms with Gasteiger partial charge in [-0.15, -0.1) is 0 Å². The number of hydrogen-bond acceptors (Lipinski definition) is 4. The van der Waals surface area contributed by atoms with E-state index in [1.165, 1.54) is 0 Å². The molecule has 0 aliphatic carbocycles. The van der Waals surface area contributed by atoms with Gasteiger partial charge in [0.1, 0.15) is 17.3 Å². The number of aromatic nitrogens is 2. The molecule has 0 aliphatic heterocycles. The summed E-state index contributed by atoms with van der Waals surface area (Å²) in [6.45, 7) is 2.17. The zero-order valence-electron chi connectivity index (χ0n) is 18.0. The van der Waals surface area contributed by atoms with Gasteiger partial charge in [0, 0.05) is 12.1 Å². The number of ether oxygens (including phenoxy) is 2.